The van der Waals surface area contributed by atoms with E-state index < -0.39 is 0 Å². The van der Waals surface area contributed by atoms with Gasteiger partial charge in [0.15, 0.2) is 5.16 Å². The van der Waals surface area contributed by atoms with Gasteiger partial charge in [0.25, 0.3) is 0 Å². The standard InChI is InChI=1S/C21H27N3O3S/c1-4-27-20(26)17-8-6-11-23(13-17)19(25)14-28-21-22-10-12-24(21)18-9-5-7-15(2)16(18)3/h5,7,9-10,12,17H,4,6,8,11,13-14H2,1-3H3. The molecule has 3 rings (SSSR count). The molecule has 1 unspecified atom stereocenters. The summed E-state index contributed by atoms with van der Waals surface area (Å²) >= 11 is 1.43. The van der Waals surface area contributed by atoms with E-state index in [1.54, 1.807) is 18.0 Å². The Hall–Kier alpha value is -2.28. The van der Waals surface area contributed by atoms with E-state index in [0.717, 1.165) is 23.7 Å². The zero-order chi connectivity index (χ0) is 20.1. The first kappa shape index (κ1) is 20.5. The van der Waals surface area contributed by atoms with Crippen molar-refractivity contribution >= 4 is 23.6 Å². The predicted molar refractivity (Wildman–Crippen MR) is 110 cm³/mol. The second-order valence-electron chi connectivity index (χ2n) is 7.02. The van der Waals surface area contributed by atoms with Gasteiger partial charge in [0.1, 0.15) is 0 Å². The Morgan fingerprint density at radius 3 is 2.93 bits per heavy atom. The normalized spacial score (nSPS) is 16.8. The van der Waals surface area contributed by atoms with Gasteiger partial charge in [0.05, 0.1) is 24.0 Å². The van der Waals surface area contributed by atoms with Gasteiger partial charge in [0, 0.05) is 25.5 Å². The van der Waals surface area contributed by atoms with Crippen LogP contribution in [0.4, 0.5) is 0 Å². The van der Waals surface area contributed by atoms with Gasteiger partial charge in [-0.15, -0.1) is 0 Å². The van der Waals surface area contributed by atoms with Crippen LogP contribution >= 0.6 is 11.8 Å². The van der Waals surface area contributed by atoms with Crippen LogP contribution < -0.4 is 0 Å². The molecule has 6 nitrogen and oxygen atoms in total. The molecule has 1 atom stereocenters. The Morgan fingerprint density at radius 2 is 2.14 bits per heavy atom. The van der Waals surface area contributed by atoms with Gasteiger partial charge in [-0.1, -0.05) is 23.9 Å². The zero-order valence-corrected chi connectivity index (χ0v) is 17.5. The molecule has 0 saturated carbocycles. The lowest BCUT2D eigenvalue weighted by molar-refractivity contribution is -0.151. The molecule has 28 heavy (non-hydrogen) atoms. The van der Waals surface area contributed by atoms with Gasteiger partial charge in [-0.05, 0) is 50.8 Å². The number of hydrogen-bond acceptors (Lipinski definition) is 5. The largest absolute Gasteiger partial charge is 0.466 e. The fourth-order valence-electron chi connectivity index (χ4n) is 3.45. The quantitative estimate of drug-likeness (QED) is 0.548. The Balaban J connectivity index is 1.64. The molecule has 0 N–H and O–H groups in total. The van der Waals surface area contributed by atoms with Gasteiger partial charge in [-0.3, -0.25) is 14.2 Å². The van der Waals surface area contributed by atoms with Gasteiger partial charge in [0.2, 0.25) is 5.91 Å². The first-order valence-corrected chi connectivity index (χ1v) is 10.7. The molecule has 0 bridgehead atoms. The highest BCUT2D eigenvalue weighted by Gasteiger charge is 2.29. The summed E-state index contributed by atoms with van der Waals surface area (Å²) in [5.74, 6) is -0.0653. The van der Waals surface area contributed by atoms with E-state index in [0.29, 0.717) is 25.4 Å². The SMILES string of the molecule is CCOC(=O)C1CCCN(C(=O)CSc2nccn2-c2cccc(C)c2C)C1. The van der Waals surface area contributed by atoms with Gasteiger partial charge in [-0.2, -0.15) is 0 Å². The fourth-order valence-corrected chi connectivity index (χ4v) is 4.32. The van der Waals surface area contributed by atoms with Crippen molar-refractivity contribution in [3.63, 3.8) is 0 Å². The number of likely N-dealkylation sites (tertiary alicyclic amines) is 1. The number of piperidine rings is 1. The summed E-state index contributed by atoms with van der Waals surface area (Å²) in [6.45, 7) is 7.50. The molecule has 0 radical (unpaired) electrons. The van der Waals surface area contributed by atoms with E-state index in [4.69, 9.17) is 4.74 Å². The Kier molecular flexibility index (Phi) is 6.78. The molecular formula is C21H27N3O3S. The molecule has 1 amide bonds. The number of amides is 1. The minimum absolute atomic E-state index is 0.0366. The highest BCUT2D eigenvalue weighted by Crippen LogP contribution is 2.25. The number of ether oxygens (including phenoxy) is 1. The van der Waals surface area contributed by atoms with Crippen LogP contribution in [0, 0.1) is 19.8 Å². The summed E-state index contributed by atoms with van der Waals surface area (Å²) in [5, 5.41) is 0.793. The van der Waals surface area contributed by atoms with Crippen LogP contribution in [-0.4, -0.2) is 51.8 Å². The van der Waals surface area contributed by atoms with Gasteiger partial charge < -0.3 is 9.64 Å². The number of aryl methyl sites for hydroxylation is 1. The Bertz CT molecular complexity index is 849. The molecule has 7 heteroatoms. The molecule has 1 aromatic carbocycles. The average molecular weight is 402 g/mol. The molecule has 1 aliphatic heterocycles. The van der Waals surface area contributed by atoms with E-state index in [2.05, 4.69) is 31.0 Å². The van der Waals surface area contributed by atoms with Crippen LogP contribution in [0.2, 0.25) is 0 Å². The maximum absolute atomic E-state index is 12.7. The summed E-state index contributed by atoms with van der Waals surface area (Å²) < 4.78 is 7.14. The fraction of sp³-hybridized carbons (Fsp3) is 0.476. The number of aromatic nitrogens is 2. The molecule has 2 heterocycles. The lowest BCUT2D eigenvalue weighted by atomic mass is 9.98. The van der Waals surface area contributed by atoms with Crippen LogP contribution in [0.15, 0.2) is 35.7 Å². The van der Waals surface area contributed by atoms with Crippen LogP contribution in [0.25, 0.3) is 5.69 Å². The van der Waals surface area contributed by atoms with Crippen molar-refractivity contribution in [2.24, 2.45) is 5.92 Å². The molecule has 1 aliphatic rings. The monoisotopic (exact) mass is 401 g/mol. The van der Waals surface area contributed by atoms with Crippen molar-refractivity contribution in [1.29, 1.82) is 0 Å². The number of benzene rings is 1. The molecule has 0 spiro atoms. The summed E-state index contributed by atoms with van der Waals surface area (Å²) in [4.78, 5) is 30.9. The third kappa shape index (κ3) is 4.58. The minimum atomic E-state index is -0.209. The summed E-state index contributed by atoms with van der Waals surface area (Å²) in [5.41, 5.74) is 3.49. The summed E-state index contributed by atoms with van der Waals surface area (Å²) in [6, 6.07) is 6.17. The predicted octanol–water partition coefficient (Wildman–Crippen LogP) is 3.38. The molecule has 1 fully saturated rings. The van der Waals surface area contributed by atoms with Crippen molar-refractivity contribution in [3.8, 4) is 5.69 Å². The van der Waals surface area contributed by atoms with E-state index in [1.165, 1.54) is 22.9 Å². The second kappa shape index (κ2) is 9.28. The van der Waals surface area contributed by atoms with Crippen LogP contribution in [0.3, 0.4) is 0 Å². The summed E-state index contributed by atoms with van der Waals surface area (Å²) in [6.07, 6.45) is 5.29. The molecule has 0 aliphatic carbocycles. The topological polar surface area (TPSA) is 64.4 Å². The minimum Gasteiger partial charge on any atom is -0.466 e. The Labute approximate surface area is 170 Å². The maximum Gasteiger partial charge on any atom is 0.310 e. The first-order chi connectivity index (χ1) is 13.5. The Morgan fingerprint density at radius 1 is 1.32 bits per heavy atom. The molecule has 150 valence electrons. The van der Waals surface area contributed by atoms with Crippen LogP contribution in [-0.2, 0) is 14.3 Å². The van der Waals surface area contributed by atoms with E-state index in [-0.39, 0.29) is 17.8 Å². The van der Waals surface area contributed by atoms with Crippen molar-refractivity contribution in [1.82, 2.24) is 14.5 Å². The maximum atomic E-state index is 12.7. The van der Waals surface area contributed by atoms with Gasteiger partial charge in [-0.25, -0.2) is 4.98 Å². The second-order valence-corrected chi connectivity index (χ2v) is 7.96. The number of hydrogen-bond donors (Lipinski definition) is 0. The van der Waals surface area contributed by atoms with Gasteiger partial charge >= 0.3 is 5.97 Å². The van der Waals surface area contributed by atoms with E-state index >= 15 is 0 Å². The van der Waals surface area contributed by atoms with Crippen LogP contribution in [0.5, 0.6) is 0 Å². The molecule has 1 saturated heterocycles. The molecule has 2 aromatic rings. The van der Waals surface area contributed by atoms with Crippen molar-refractivity contribution in [3.05, 3.63) is 41.7 Å². The van der Waals surface area contributed by atoms with Crippen LogP contribution in [0.1, 0.15) is 30.9 Å². The number of nitrogens with zero attached hydrogens (tertiary/aromatic N) is 3. The first-order valence-electron chi connectivity index (χ1n) is 9.68. The zero-order valence-electron chi connectivity index (χ0n) is 16.7. The number of imidazole rings is 1. The molecule has 1 aromatic heterocycles. The van der Waals surface area contributed by atoms with E-state index in [1.807, 2.05) is 16.8 Å². The number of rotatable bonds is 6. The third-order valence-electron chi connectivity index (χ3n) is 5.16. The number of esters is 1. The lowest BCUT2D eigenvalue weighted by Gasteiger charge is -2.31. The summed E-state index contributed by atoms with van der Waals surface area (Å²) in [7, 11) is 0. The third-order valence-corrected chi connectivity index (χ3v) is 6.11. The number of carbonyl (C=O) groups excluding carboxylic acids is 2. The number of thioether (sulfide) groups is 1. The lowest BCUT2D eigenvalue weighted by Crippen LogP contribution is -2.43. The van der Waals surface area contributed by atoms with E-state index in [9.17, 15) is 9.59 Å². The highest BCUT2D eigenvalue weighted by molar-refractivity contribution is 7.99. The van der Waals surface area contributed by atoms with Crippen molar-refractivity contribution in [2.75, 3.05) is 25.4 Å². The highest BCUT2D eigenvalue weighted by atomic mass is 32.2. The van der Waals surface area contributed by atoms with Crippen molar-refractivity contribution in [2.45, 2.75) is 38.8 Å². The van der Waals surface area contributed by atoms with Crippen molar-refractivity contribution < 1.29 is 14.3 Å². The molecular weight excluding hydrogens is 374 g/mol. The smallest absolute Gasteiger partial charge is 0.310 e. The number of carbonyl (C=O) groups is 2. The average Bonchev–Trinajstić information content (AvgIpc) is 3.17.